The Labute approximate surface area is 237 Å². The summed E-state index contributed by atoms with van der Waals surface area (Å²) in [6.07, 6.45) is 1.50. The fourth-order valence-electron chi connectivity index (χ4n) is 5.76. The van der Waals surface area contributed by atoms with Crippen LogP contribution in [-0.2, 0) is 43.3 Å². The van der Waals surface area contributed by atoms with Gasteiger partial charge in [-0.3, -0.25) is 24.0 Å². The Morgan fingerprint density at radius 2 is 1.68 bits per heavy atom. The maximum absolute atomic E-state index is 12.5. The van der Waals surface area contributed by atoms with Gasteiger partial charge in [-0.2, -0.15) is 0 Å². The zero-order valence-electron chi connectivity index (χ0n) is 22.8. The molecule has 3 N–H and O–H groups in total. The summed E-state index contributed by atoms with van der Waals surface area (Å²) >= 11 is 0. The molecule has 3 unspecified atom stereocenters. The molecule has 16 heteroatoms. The van der Waals surface area contributed by atoms with E-state index in [-0.39, 0.29) is 48.9 Å². The van der Waals surface area contributed by atoms with Gasteiger partial charge in [-0.05, 0) is 44.4 Å². The van der Waals surface area contributed by atoms with Crippen LogP contribution < -0.4 is 16.0 Å². The molecule has 1 aliphatic carbocycles. The Morgan fingerprint density at radius 1 is 1.00 bits per heavy atom. The fourth-order valence-corrected chi connectivity index (χ4v) is 8.03. The highest BCUT2D eigenvalue weighted by molar-refractivity contribution is 7.92. The number of nitrogens with zero attached hydrogens (tertiary/aromatic N) is 1. The maximum atomic E-state index is 12.5. The second kappa shape index (κ2) is 13.0. The van der Waals surface area contributed by atoms with E-state index in [0.717, 1.165) is 0 Å². The molecule has 41 heavy (non-hydrogen) atoms. The Bertz CT molecular complexity index is 1150. The van der Waals surface area contributed by atoms with Crippen molar-refractivity contribution in [3.05, 3.63) is 0 Å². The number of carbonyl (C=O) groups excluding carboxylic acids is 6. The van der Waals surface area contributed by atoms with E-state index in [2.05, 4.69) is 20.8 Å². The Balaban J connectivity index is 1.06. The molecule has 0 aromatic rings. The highest BCUT2D eigenvalue weighted by Crippen LogP contribution is 2.30. The molecule has 0 bridgehead atoms. The molecule has 0 aromatic carbocycles. The minimum Gasteiger partial charge on any atom is -0.425 e. The quantitative estimate of drug-likeness (QED) is 0.0975. The number of rotatable bonds is 11. The summed E-state index contributed by atoms with van der Waals surface area (Å²) in [6, 6.07) is -1.15. The van der Waals surface area contributed by atoms with Gasteiger partial charge in [0.1, 0.15) is 0 Å². The number of hydrogen-bond acceptors (Lipinski definition) is 11. The lowest BCUT2D eigenvalue weighted by atomic mass is 9.82. The number of hydroxylamine groups is 2. The van der Waals surface area contributed by atoms with Gasteiger partial charge < -0.3 is 25.4 Å². The molecule has 3 aliphatic heterocycles. The van der Waals surface area contributed by atoms with Crippen LogP contribution >= 0.6 is 0 Å². The number of unbranched alkanes of at least 4 members (excludes halogenated alkanes) is 1. The molecule has 228 valence electrons. The molecule has 5 amide bonds. The molecule has 15 nitrogen and oxygen atoms in total. The van der Waals surface area contributed by atoms with Crippen molar-refractivity contribution in [1.29, 1.82) is 0 Å². The smallest absolute Gasteiger partial charge is 0.425 e. The van der Waals surface area contributed by atoms with Gasteiger partial charge in [0, 0.05) is 32.7 Å². The Hall–Kier alpha value is -3.43. The van der Waals surface area contributed by atoms with Gasteiger partial charge in [-0.1, -0.05) is 11.5 Å². The lowest BCUT2D eigenvalue weighted by Gasteiger charge is -2.28. The van der Waals surface area contributed by atoms with Crippen LogP contribution in [0.3, 0.4) is 0 Å². The molecule has 0 spiro atoms. The number of imide groups is 1. The monoisotopic (exact) mass is 600 g/mol. The minimum atomic E-state index is -3.29. The van der Waals surface area contributed by atoms with E-state index in [1.807, 2.05) is 0 Å². The third-order valence-electron chi connectivity index (χ3n) is 7.95. The topological polar surface area (TPSA) is 204 Å². The number of esters is 1. The van der Waals surface area contributed by atoms with Gasteiger partial charge in [-0.25, -0.2) is 18.0 Å². The van der Waals surface area contributed by atoms with Crippen LogP contribution in [0.1, 0.15) is 71.1 Å². The van der Waals surface area contributed by atoms with E-state index >= 15 is 0 Å². The number of amides is 5. The van der Waals surface area contributed by atoms with Crippen LogP contribution in [0.15, 0.2) is 0 Å². The van der Waals surface area contributed by atoms with Crippen molar-refractivity contribution in [2.45, 2.75) is 94.8 Å². The molecular weight excluding hydrogens is 564 g/mol. The van der Waals surface area contributed by atoms with E-state index in [9.17, 15) is 37.2 Å². The van der Waals surface area contributed by atoms with Crippen LogP contribution in [-0.4, -0.2) is 85.3 Å². The maximum Gasteiger partial charge on any atom is 0.537 e. The van der Waals surface area contributed by atoms with E-state index in [4.69, 9.17) is 9.47 Å². The van der Waals surface area contributed by atoms with Crippen molar-refractivity contribution in [2.75, 3.05) is 12.3 Å². The molecule has 0 aromatic heterocycles. The van der Waals surface area contributed by atoms with Gasteiger partial charge in [0.15, 0.2) is 9.84 Å². The molecular formula is C25H36N4O11S. The van der Waals surface area contributed by atoms with Crippen LogP contribution in [0.2, 0.25) is 0 Å². The third-order valence-corrected chi connectivity index (χ3v) is 10.2. The van der Waals surface area contributed by atoms with Crippen molar-refractivity contribution in [3.63, 3.8) is 0 Å². The SMILES string of the molecule is CC(OC(=O)ON1C(=O)CCC1=O)OC(=O)C1CCC(CNC(=O)CCCC[C@H]2C3NC(=O)NC3CS2(=O)=O)CC1. The van der Waals surface area contributed by atoms with Crippen molar-refractivity contribution < 1.29 is 51.5 Å². The first-order chi connectivity index (χ1) is 19.4. The molecule has 3 heterocycles. The number of fused-ring (bicyclic) bond motifs is 1. The molecule has 3 saturated heterocycles. The van der Waals surface area contributed by atoms with Crippen LogP contribution in [0.25, 0.3) is 0 Å². The van der Waals surface area contributed by atoms with Crippen molar-refractivity contribution in [1.82, 2.24) is 21.0 Å². The first kappa shape index (κ1) is 30.5. The second-order valence-corrected chi connectivity index (χ2v) is 13.2. The lowest BCUT2D eigenvalue weighted by molar-refractivity contribution is -0.193. The van der Waals surface area contributed by atoms with Gasteiger partial charge in [0.25, 0.3) is 11.8 Å². The van der Waals surface area contributed by atoms with Crippen LogP contribution in [0.5, 0.6) is 0 Å². The van der Waals surface area contributed by atoms with Gasteiger partial charge in [0.2, 0.25) is 12.2 Å². The summed E-state index contributed by atoms with van der Waals surface area (Å²) < 4.78 is 34.7. The summed E-state index contributed by atoms with van der Waals surface area (Å²) in [7, 11) is -3.29. The molecule has 0 radical (unpaired) electrons. The Morgan fingerprint density at radius 3 is 2.37 bits per heavy atom. The average Bonchev–Trinajstić information content (AvgIpc) is 3.49. The number of ether oxygens (including phenoxy) is 2. The summed E-state index contributed by atoms with van der Waals surface area (Å²) in [5.74, 6) is -2.22. The standard InChI is InChI=1S/C25H36N4O11S/c1-14(39-25(35)40-29-20(31)10-11-21(29)32)38-23(33)16-8-6-15(7-9-16)12-26-19(30)5-3-2-4-18-22-17(13-41(18,36)37)27-24(34)28-22/h14-18,22H,2-13H2,1H3,(H,26,30)(H2,27,28,34)/t14?,15?,16?,17?,18-,22?/m0/s1. The molecule has 4 aliphatic rings. The van der Waals surface area contributed by atoms with E-state index in [0.29, 0.717) is 56.6 Å². The predicted octanol–water partition coefficient (Wildman–Crippen LogP) is 0.423. The van der Waals surface area contributed by atoms with Crippen LogP contribution in [0.4, 0.5) is 9.59 Å². The van der Waals surface area contributed by atoms with E-state index < -0.39 is 57.3 Å². The molecule has 4 fully saturated rings. The zero-order valence-corrected chi connectivity index (χ0v) is 23.6. The fraction of sp³-hybridized carbons (Fsp3) is 0.760. The van der Waals surface area contributed by atoms with Crippen molar-refractivity contribution >= 4 is 45.7 Å². The van der Waals surface area contributed by atoms with E-state index in [1.165, 1.54) is 6.92 Å². The summed E-state index contributed by atoms with van der Waals surface area (Å²) in [5.41, 5.74) is 0. The number of nitrogens with one attached hydrogen (secondary N) is 3. The van der Waals surface area contributed by atoms with Crippen molar-refractivity contribution in [3.8, 4) is 0 Å². The first-order valence-corrected chi connectivity index (χ1v) is 15.6. The third kappa shape index (κ3) is 7.86. The molecule has 4 atom stereocenters. The van der Waals surface area contributed by atoms with Crippen LogP contribution in [0, 0.1) is 11.8 Å². The largest absolute Gasteiger partial charge is 0.537 e. The predicted molar refractivity (Wildman–Crippen MR) is 138 cm³/mol. The Kier molecular flexibility index (Phi) is 9.71. The molecule has 1 saturated carbocycles. The lowest BCUT2D eigenvalue weighted by Crippen LogP contribution is -2.39. The van der Waals surface area contributed by atoms with Gasteiger partial charge >= 0.3 is 18.2 Å². The number of sulfone groups is 1. The first-order valence-electron chi connectivity index (χ1n) is 13.9. The highest BCUT2D eigenvalue weighted by atomic mass is 32.2. The minimum absolute atomic E-state index is 0.0561. The van der Waals surface area contributed by atoms with Gasteiger partial charge in [0.05, 0.1) is 29.0 Å². The summed E-state index contributed by atoms with van der Waals surface area (Å²) in [5, 5.41) is 7.93. The summed E-state index contributed by atoms with van der Waals surface area (Å²) in [6.45, 7) is 1.79. The number of hydrogen-bond donors (Lipinski definition) is 3. The molecule has 4 rings (SSSR count). The van der Waals surface area contributed by atoms with E-state index in [1.54, 1.807) is 0 Å². The second-order valence-electron chi connectivity index (χ2n) is 10.9. The normalized spacial score (nSPS) is 29.2. The summed E-state index contributed by atoms with van der Waals surface area (Å²) in [4.78, 5) is 75.6. The highest BCUT2D eigenvalue weighted by Gasteiger charge is 2.51. The average molecular weight is 601 g/mol. The van der Waals surface area contributed by atoms with Gasteiger partial charge in [-0.15, -0.1) is 0 Å². The number of urea groups is 1. The van der Waals surface area contributed by atoms with Crippen molar-refractivity contribution in [2.24, 2.45) is 11.8 Å². The number of carbonyl (C=O) groups is 6. The zero-order chi connectivity index (χ0) is 29.7.